The highest BCUT2D eigenvalue weighted by atomic mass is 35.5. The number of rotatable bonds is 4. The van der Waals surface area contributed by atoms with Crippen molar-refractivity contribution in [2.75, 3.05) is 6.54 Å². The van der Waals surface area contributed by atoms with Crippen molar-refractivity contribution in [3.8, 4) is 11.1 Å². The topological polar surface area (TPSA) is 23.5 Å². The van der Waals surface area contributed by atoms with E-state index in [9.17, 15) is 5.11 Å². The molecule has 2 aromatic carbocycles. The maximum atomic E-state index is 9.48. The van der Waals surface area contributed by atoms with E-state index in [1.807, 2.05) is 30.3 Å². The van der Waals surface area contributed by atoms with E-state index in [-0.39, 0.29) is 6.61 Å². The lowest BCUT2D eigenvalue weighted by atomic mass is 9.99. The first-order valence-electron chi connectivity index (χ1n) is 7.90. The highest BCUT2D eigenvalue weighted by Gasteiger charge is 2.21. The maximum absolute atomic E-state index is 9.48. The molecule has 22 heavy (non-hydrogen) atoms. The third kappa shape index (κ3) is 3.19. The monoisotopic (exact) mass is 315 g/mol. The smallest absolute Gasteiger partial charge is 0.0687 e. The Bertz CT molecular complexity index is 656. The second-order valence-corrected chi connectivity index (χ2v) is 6.49. The molecule has 1 heterocycles. The van der Waals surface area contributed by atoms with Crippen LogP contribution in [0.5, 0.6) is 0 Å². The molecule has 0 unspecified atom stereocenters. The highest BCUT2D eigenvalue weighted by molar-refractivity contribution is 6.31. The van der Waals surface area contributed by atoms with Gasteiger partial charge in [0.1, 0.15) is 0 Å². The molecule has 2 nitrogen and oxygen atoms in total. The van der Waals surface area contributed by atoms with Crippen molar-refractivity contribution in [2.45, 2.75) is 39.0 Å². The number of aliphatic hydroxyl groups excluding tert-OH is 1. The number of hydrogen-bond acceptors (Lipinski definition) is 2. The van der Waals surface area contributed by atoms with Gasteiger partial charge >= 0.3 is 0 Å². The summed E-state index contributed by atoms with van der Waals surface area (Å²) in [6.45, 7) is 4.40. The van der Waals surface area contributed by atoms with Crippen LogP contribution >= 0.6 is 11.6 Å². The summed E-state index contributed by atoms with van der Waals surface area (Å²) in [4.78, 5) is 2.49. The average Bonchev–Trinajstić information content (AvgIpc) is 2.94. The van der Waals surface area contributed by atoms with Crippen molar-refractivity contribution in [1.29, 1.82) is 0 Å². The third-order valence-corrected chi connectivity index (χ3v) is 4.97. The molecule has 3 rings (SSSR count). The second-order valence-electron chi connectivity index (χ2n) is 6.08. The summed E-state index contributed by atoms with van der Waals surface area (Å²) in [5, 5.41) is 10.3. The van der Waals surface area contributed by atoms with Gasteiger partial charge in [-0.05, 0) is 54.6 Å². The Labute approximate surface area is 137 Å². The Morgan fingerprint density at radius 1 is 1.18 bits per heavy atom. The molecule has 2 aromatic rings. The molecule has 0 radical (unpaired) electrons. The van der Waals surface area contributed by atoms with E-state index < -0.39 is 0 Å². The number of nitrogens with zero attached hydrogens (tertiary/aromatic N) is 1. The summed E-state index contributed by atoms with van der Waals surface area (Å²) in [7, 11) is 0. The van der Waals surface area contributed by atoms with Gasteiger partial charge in [0, 0.05) is 17.6 Å². The van der Waals surface area contributed by atoms with Crippen molar-refractivity contribution >= 4 is 11.6 Å². The van der Waals surface area contributed by atoms with Crippen LogP contribution in [0.3, 0.4) is 0 Å². The minimum atomic E-state index is 0.0425. The summed E-state index contributed by atoms with van der Waals surface area (Å²) in [6.07, 6.45) is 2.56. The predicted molar refractivity (Wildman–Crippen MR) is 91.9 cm³/mol. The van der Waals surface area contributed by atoms with E-state index in [2.05, 4.69) is 24.0 Å². The molecule has 1 atom stereocenters. The quantitative estimate of drug-likeness (QED) is 0.899. The number of likely N-dealkylation sites (tertiary alicyclic amines) is 1. The molecule has 0 spiro atoms. The number of halogens is 1. The van der Waals surface area contributed by atoms with Gasteiger partial charge in [0.15, 0.2) is 0 Å². The zero-order valence-corrected chi connectivity index (χ0v) is 13.7. The van der Waals surface area contributed by atoms with Crippen LogP contribution in [0, 0.1) is 0 Å². The standard InChI is InChI=1S/C19H22ClNO/c1-14-5-4-10-21(14)12-16-9-8-15(11-19(16)20)18-7-3-2-6-17(18)13-22/h2-3,6-9,11,14,22H,4-5,10,12-13H2,1H3/t14-/m1/s1. The normalized spacial score (nSPS) is 18.8. The number of benzene rings is 2. The van der Waals surface area contributed by atoms with Crippen LogP contribution in [0.4, 0.5) is 0 Å². The van der Waals surface area contributed by atoms with E-state index in [4.69, 9.17) is 11.6 Å². The van der Waals surface area contributed by atoms with Gasteiger partial charge in [0.2, 0.25) is 0 Å². The maximum Gasteiger partial charge on any atom is 0.0687 e. The lowest BCUT2D eigenvalue weighted by molar-refractivity contribution is 0.260. The molecule has 1 fully saturated rings. The fourth-order valence-corrected chi connectivity index (χ4v) is 3.47. The fourth-order valence-electron chi connectivity index (χ4n) is 3.23. The third-order valence-electron chi connectivity index (χ3n) is 4.62. The lowest BCUT2D eigenvalue weighted by Gasteiger charge is -2.21. The first kappa shape index (κ1) is 15.5. The van der Waals surface area contributed by atoms with E-state index in [1.54, 1.807) is 0 Å². The predicted octanol–water partition coefficient (Wildman–Crippen LogP) is 4.48. The molecule has 1 saturated heterocycles. The molecular weight excluding hydrogens is 294 g/mol. The average molecular weight is 316 g/mol. The van der Waals surface area contributed by atoms with Crippen molar-refractivity contribution in [2.24, 2.45) is 0 Å². The Kier molecular flexibility index (Phi) is 4.82. The first-order chi connectivity index (χ1) is 10.7. The molecular formula is C19H22ClNO. The molecule has 1 aliphatic heterocycles. The van der Waals surface area contributed by atoms with Crippen molar-refractivity contribution in [3.05, 3.63) is 58.6 Å². The van der Waals surface area contributed by atoms with Gasteiger partial charge in [0.05, 0.1) is 6.61 Å². The van der Waals surface area contributed by atoms with E-state index in [0.717, 1.165) is 34.8 Å². The molecule has 116 valence electrons. The van der Waals surface area contributed by atoms with Crippen molar-refractivity contribution < 1.29 is 5.11 Å². The van der Waals surface area contributed by atoms with Gasteiger partial charge in [-0.15, -0.1) is 0 Å². The zero-order valence-electron chi connectivity index (χ0n) is 12.9. The minimum Gasteiger partial charge on any atom is -0.392 e. The van der Waals surface area contributed by atoms with Crippen LogP contribution in [-0.2, 0) is 13.2 Å². The van der Waals surface area contributed by atoms with E-state index in [0.29, 0.717) is 6.04 Å². The number of aliphatic hydroxyl groups is 1. The highest BCUT2D eigenvalue weighted by Crippen LogP contribution is 2.30. The molecule has 0 saturated carbocycles. The van der Waals surface area contributed by atoms with E-state index in [1.165, 1.54) is 18.4 Å². The van der Waals surface area contributed by atoms with Gasteiger partial charge in [-0.1, -0.05) is 48.0 Å². The lowest BCUT2D eigenvalue weighted by Crippen LogP contribution is -2.26. The summed E-state index contributed by atoms with van der Waals surface area (Å²) >= 11 is 6.51. The van der Waals surface area contributed by atoms with Gasteiger partial charge in [0.25, 0.3) is 0 Å². The summed E-state index contributed by atoms with van der Waals surface area (Å²) in [6, 6.07) is 14.8. The largest absolute Gasteiger partial charge is 0.392 e. The van der Waals surface area contributed by atoms with Crippen molar-refractivity contribution in [3.63, 3.8) is 0 Å². The minimum absolute atomic E-state index is 0.0425. The first-order valence-corrected chi connectivity index (χ1v) is 8.28. The summed E-state index contributed by atoms with van der Waals surface area (Å²) in [5.41, 5.74) is 4.22. The Morgan fingerprint density at radius 2 is 2.00 bits per heavy atom. The van der Waals surface area contributed by atoms with Crippen LogP contribution in [0.25, 0.3) is 11.1 Å². The molecule has 1 aliphatic rings. The zero-order chi connectivity index (χ0) is 15.5. The van der Waals surface area contributed by atoms with Crippen LogP contribution < -0.4 is 0 Å². The Hall–Kier alpha value is -1.35. The Morgan fingerprint density at radius 3 is 2.68 bits per heavy atom. The Balaban J connectivity index is 1.86. The van der Waals surface area contributed by atoms with E-state index >= 15 is 0 Å². The van der Waals surface area contributed by atoms with Crippen LogP contribution in [0.1, 0.15) is 30.9 Å². The van der Waals surface area contributed by atoms with Crippen LogP contribution in [0.15, 0.2) is 42.5 Å². The van der Waals surface area contributed by atoms with Gasteiger partial charge in [-0.2, -0.15) is 0 Å². The SMILES string of the molecule is C[C@@H]1CCCN1Cc1ccc(-c2ccccc2CO)cc1Cl. The molecule has 0 bridgehead atoms. The second kappa shape index (κ2) is 6.82. The fraction of sp³-hybridized carbons (Fsp3) is 0.368. The molecule has 0 amide bonds. The summed E-state index contributed by atoms with van der Waals surface area (Å²) < 4.78 is 0. The number of hydrogen-bond donors (Lipinski definition) is 1. The molecule has 0 aliphatic carbocycles. The molecule has 3 heteroatoms. The molecule has 0 aromatic heterocycles. The van der Waals surface area contributed by atoms with Crippen LogP contribution in [0.2, 0.25) is 5.02 Å². The van der Waals surface area contributed by atoms with Gasteiger partial charge < -0.3 is 5.11 Å². The van der Waals surface area contributed by atoms with Crippen molar-refractivity contribution in [1.82, 2.24) is 4.90 Å². The van der Waals surface area contributed by atoms with Gasteiger partial charge in [-0.25, -0.2) is 0 Å². The summed E-state index contributed by atoms with van der Waals surface area (Å²) in [5.74, 6) is 0. The van der Waals surface area contributed by atoms with Crippen LogP contribution in [-0.4, -0.2) is 22.6 Å². The van der Waals surface area contributed by atoms with Gasteiger partial charge in [-0.3, -0.25) is 4.90 Å². The molecule has 1 N–H and O–H groups in total.